The minimum atomic E-state index is -0.504. The molecular formula is C23H19N3O2. The number of hydrogen-bond donors (Lipinski definition) is 2. The van der Waals surface area contributed by atoms with E-state index >= 15 is 0 Å². The van der Waals surface area contributed by atoms with Crippen LogP contribution in [0.5, 0.6) is 0 Å². The molecule has 1 aliphatic carbocycles. The third-order valence-corrected chi connectivity index (χ3v) is 5.51. The second-order valence-corrected chi connectivity index (χ2v) is 7.40. The zero-order valence-electron chi connectivity index (χ0n) is 15.2. The predicted molar refractivity (Wildman–Crippen MR) is 109 cm³/mol. The summed E-state index contributed by atoms with van der Waals surface area (Å²) in [6, 6.07) is 21.5. The lowest BCUT2D eigenvalue weighted by atomic mass is 9.96. The van der Waals surface area contributed by atoms with Gasteiger partial charge >= 0.3 is 0 Å². The van der Waals surface area contributed by atoms with E-state index in [1.165, 1.54) is 11.6 Å². The summed E-state index contributed by atoms with van der Waals surface area (Å²) in [6.07, 6.45) is 3.62. The summed E-state index contributed by atoms with van der Waals surface area (Å²) in [7, 11) is 0. The highest BCUT2D eigenvalue weighted by atomic mass is 16.5. The highest BCUT2D eigenvalue weighted by molar-refractivity contribution is 5.92. The van der Waals surface area contributed by atoms with Gasteiger partial charge in [-0.25, -0.2) is 4.98 Å². The van der Waals surface area contributed by atoms with Crippen LogP contribution in [0.25, 0.3) is 33.3 Å². The Kier molecular flexibility index (Phi) is 3.60. The Morgan fingerprint density at radius 1 is 0.929 bits per heavy atom. The van der Waals surface area contributed by atoms with Crippen molar-refractivity contribution < 1.29 is 5.21 Å². The second-order valence-electron chi connectivity index (χ2n) is 7.40. The average Bonchev–Trinajstić information content (AvgIpc) is 3.50. The van der Waals surface area contributed by atoms with Crippen LogP contribution < -0.4 is 11.3 Å². The van der Waals surface area contributed by atoms with E-state index in [0.29, 0.717) is 4.73 Å². The molecule has 0 unspecified atom stereocenters. The van der Waals surface area contributed by atoms with E-state index in [4.69, 9.17) is 5.73 Å². The molecule has 5 rings (SSSR count). The zero-order valence-corrected chi connectivity index (χ0v) is 15.2. The first-order valence-corrected chi connectivity index (χ1v) is 9.25. The number of hydrogen-bond acceptors (Lipinski definition) is 4. The van der Waals surface area contributed by atoms with Crippen molar-refractivity contribution in [2.75, 3.05) is 0 Å². The molecule has 28 heavy (non-hydrogen) atoms. The van der Waals surface area contributed by atoms with E-state index in [2.05, 4.69) is 23.2 Å². The third kappa shape index (κ3) is 2.68. The summed E-state index contributed by atoms with van der Waals surface area (Å²) in [5.41, 5.74) is 11.0. The van der Waals surface area contributed by atoms with Gasteiger partial charge in [-0.2, -0.15) is 0 Å². The monoisotopic (exact) mass is 369 g/mol. The fourth-order valence-corrected chi connectivity index (χ4v) is 3.66. The first-order chi connectivity index (χ1) is 13.5. The van der Waals surface area contributed by atoms with E-state index < -0.39 is 5.56 Å². The van der Waals surface area contributed by atoms with Gasteiger partial charge in [-0.3, -0.25) is 4.79 Å². The second kappa shape index (κ2) is 6.04. The molecule has 1 aliphatic rings. The van der Waals surface area contributed by atoms with Gasteiger partial charge in [0.2, 0.25) is 0 Å². The normalized spacial score (nSPS) is 14.9. The first kappa shape index (κ1) is 16.7. The average molecular weight is 369 g/mol. The van der Waals surface area contributed by atoms with Crippen LogP contribution in [0.15, 0.2) is 77.7 Å². The molecule has 4 aromatic rings. The number of nitrogens with two attached hydrogens (primary N) is 1. The highest BCUT2D eigenvalue weighted by Gasteiger charge is 2.39. The lowest BCUT2D eigenvalue weighted by Gasteiger charge is -2.12. The Morgan fingerprint density at radius 2 is 1.68 bits per heavy atom. The minimum Gasteiger partial charge on any atom is -0.423 e. The van der Waals surface area contributed by atoms with Gasteiger partial charge in [-0.05, 0) is 58.9 Å². The highest BCUT2D eigenvalue weighted by Crippen LogP contribution is 2.43. The molecule has 0 amide bonds. The summed E-state index contributed by atoms with van der Waals surface area (Å²) in [5.74, 6) is 0. The molecule has 1 fully saturated rings. The molecule has 0 atom stereocenters. The maximum Gasteiger partial charge on any atom is 0.285 e. The van der Waals surface area contributed by atoms with Crippen LogP contribution in [0.2, 0.25) is 0 Å². The molecule has 0 radical (unpaired) electrons. The number of pyridine rings is 2. The Balaban J connectivity index is 1.57. The number of rotatable bonds is 3. The van der Waals surface area contributed by atoms with Crippen LogP contribution in [-0.2, 0) is 5.54 Å². The van der Waals surface area contributed by atoms with E-state index in [-0.39, 0.29) is 11.2 Å². The van der Waals surface area contributed by atoms with Crippen molar-refractivity contribution in [3.05, 3.63) is 88.8 Å². The van der Waals surface area contributed by atoms with Gasteiger partial charge in [-0.1, -0.05) is 42.5 Å². The van der Waals surface area contributed by atoms with Crippen LogP contribution in [-0.4, -0.2) is 14.9 Å². The Labute approximate surface area is 161 Å². The van der Waals surface area contributed by atoms with Crippen LogP contribution in [0, 0.1) is 0 Å². The SMILES string of the molecule is NC1(c2cccc(-c3ccc(-c4cc(=O)n(O)c5ncccc45)cc3)c2)CC1. The molecule has 0 aliphatic heterocycles. The van der Waals surface area contributed by atoms with Crippen molar-refractivity contribution >= 4 is 11.0 Å². The smallest absolute Gasteiger partial charge is 0.285 e. The Bertz CT molecular complexity index is 1260. The third-order valence-electron chi connectivity index (χ3n) is 5.51. The number of aromatic nitrogens is 2. The van der Waals surface area contributed by atoms with Crippen molar-refractivity contribution in [2.24, 2.45) is 5.73 Å². The first-order valence-electron chi connectivity index (χ1n) is 9.25. The van der Waals surface area contributed by atoms with Gasteiger partial charge in [0, 0.05) is 23.2 Å². The summed E-state index contributed by atoms with van der Waals surface area (Å²) in [5, 5.41) is 10.7. The van der Waals surface area contributed by atoms with Crippen LogP contribution >= 0.6 is 0 Å². The molecule has 2 aromatic heterocycles. The summed E-state index contributed by atoms with van der Waals surface area (Å²) in [4.78, 5) is 16.2. The van der Waals surface area contributed by atoms with Crippen LogP contribution in [0.1, 0.15) is 18.4 Å². The summed E-state index contributed by atoms with van der Waals surface area (Å²) < 4.78 is 0.583. The Hall–Kier alpha value is -3.44. The molecule has 3 N–H and O–H groups in total. The number of nitrogens with zero attached hydrogens (tertiary/aromatic N) is 2. The molecule has 1 saturated carbocycles. The van der Waals surface area contributed by atoms with Gasteiger partial charge in [-0.15, -0.1) is 4.73 Å². The van der Waals surface area contributed by atoms with E-state index in [1.54, 1.807) is 12.3 Å². The number of fused-ring (bicyclic) bond motifs is 1. The van der Waals surface area contributed by atoms with Crippen LogP contribution in [0.3, 0.4) is 0 Å². The van der Waals surface area contributed by atoms with Crippen molar-refractivity contribution in [2.45, 2.75) is 18.4 Å². The molecule has 5 nitrogen and oxygen atoms in total. The summed E-state index contributed by atoms with van der Waals surface area (Å²) >= 11 is 0. The van der Waals surface area contributed by atoms with Crippen molar-refractivity contribution in [1.82, 2.24) is 9.71 Å². The molecule has 0 spiro atoms. The molecule has 5 heteroatoms. The maximum atomic E-state index is 12.1. The maximum absolute atomic E-state index is 12.1. The predicted octanol–water partition coefficient (Wildman–Crippen LogP) is 3.92. The van der Waals surface area contributed by atoms with E-state index in [9.17, 15) is 10.0 Å². The van der Waals surface area contributed by atoms with Crippen molar-refractivity contribution in [3.63, 3.8) is 0 Å². The molecule has 2 aromatic carbocycles. The quantitative estimate of drug-likeness (QED) is 0.537. The lowest BCUT2D eigenvalue weighted by Crippen LogP contribution is -2.18. The Morgan fingerprint density at radius 3 is 2.43 bits per heavy atom. The standard InChI is InChI=1S/C23H19N3O2/c24-23(10-11-23)18-4-1-3-17(13-18)15-6-8-16(9-7-15)20-14-21(27)26(28)22-19(20)5-2-12-25-22/h1-9,12-14,28H,10-11,24H2. The van der Waals surface area contributed by atoms with Gasteiger partial charge in [0.05, 0.1) is 0 Å². The number of benzene rings is 2. The topological polar surface area (TPSA) is 81.1 Å². The van der Waals surface area contributed by atoms with Gasteiger partial charge in [0.1, 0.15) is 0 Å². The zero-order chi connectivity index (χ0) is 19.3. The van der Waals surface area contributed by atoms with Crippen molar-refractivity contribution in [3.8, 4) is 22.3 Å². The lowest BCUT2D eigenvalue weighted by molar-refractivity contribution is 0.187. The minimum absolute atomic E-state index is 0.157. The molecular weight excluding hydrogens is 350 g/mol. The molecule has 0 bridgehead atoms. The molecule has 138 valence electrons. The van der Waals surface area contributed by atoms with Gasteiger partial charge in [0.25, 0.3) is 5.56 Å². The van der Waals surface area contributed by atoms with Crippen molar-refractivity contribution in [1.29, 1.82) is 0 Å². The fraction of sp³-hybridized carbons (Fsp3) is 0.130. The van der Waals surface area contributed by atoms with E-state index in [0.717, 1.165) is 40.5 Å². The van der Waals surface area contributed by atoms with Crippen LogP contribution in [0.4, 0.5) is 0 Å². The molecule has 2 heterocycles. The van der Waals surface area contributed by atoms with Gasteiger partial charge < -0.3 is 10.9 Å². The summed E-state index contributed by atoms with van der Waals surface area (Å²) in [6.45, 7) is 0. The fourth-order valence-electron chi connectivity index (χ4n) is 3.66. The van der Waals surface area contributed by atoms with Gasteiger partial charge in [0.15, 0.2) is 5.65 Å². The largest absolute Gasteiger partial charge is 0.423 e. The molecule has 0 saturated heterocycles. The van der Waals surface area contributed by atoms with E-state index in [1.807, 2.05) is 36.4 Å².